The maximum atomic E-state index is 14.8. The average Bonchev–Trinajstić information content (AvgIpc) is 2.86. The monoisotopic (exact) mass is 649 g/mol. The second-order valence-corrected chi connectivity index (χ2v) is 10.4. The summed E-state index contributed by atoms with van der Waals surface area (Å²) in [7, 11) is 1.75. The van der Waals surface area contributed by atoms with E-state index >= 15 is 0 Å². The Balaban J connectivity index is 0.000000501. The summed E-state index contributed by atoms with van der Waals surface area (Å²) in [6.45, 7) is 7.74. The Morgan fingerprint density at radius 3 is 2.50 bits per heavy atom. The quantitative estimate of drug-likeness (QED) is 0.136. The number of allylic oxidation sites excluding steroid dienone is 3. The zero-order chi connectivity index (χ0) is 28.8. The van der Waals surface area contributed by atoms with Gasteiger partial charge in [-0.1, -0.05) is 68.1 Å². The van der Waals surface area contributed by atoms with Gasteiger partial charge in [0, 0.05) is 41.7 Å². The van der Waals surface area contributed by atoms with Gasteiger partial charge in [-0.05, 0) is 53.0 Å². The van der Waals surface area contributed by atoms with E-state index in [2.05, 4.69) is 25.8 Å². The van der Waals surface area contributed by atoms with E-state index in [9.17, 15) is 18.4 Å². The number of hydrogen-bond acceptors (Lipinski definition) is 4. The highest BCUT2D eigenvalue weighted by Crippen LogP contribution is 2.31. The Morgan fingerprint density at radius 1 is 1.32 bits per heavy atom. The fourth-order valence-corrected chi connectivity index (χ4v) is 4.88. The molecule has 1 unspecified atom stereocenters. The lowest BCUT2D eigenvalue weighted by molar-refractivity contribution is 0.101. The number of Topliss-reactive ketones (excluding diaryl/α,β-unsaturated/α-hetero) is 1. The lowest BCUT2D eigenvalue weighted by atomic mass is 9.92. The molecular weight excluding hydrogens is 619 g/mol. The lowest BCUT2D eigenvalue weighted by Crippen LogP contribution is -2.23. The van der Waals surface area contributed by atoms with Crippen LogP contribution in [0.5, 0.6) is 0 Å². The molecule has 5 nitrogen and oxygen atoms in total. The molecule has 1 aliphatic rings. The summed E-state index contributed by atoms with van der Waals surface area (Å²) in [5.74, 6) is -0.688. The van der Waals surface area contributed by atoms with Gasteiger partial charge in [0.05, 0.1) is 26.9 Å². The minimum absolute atomic E-state index is 0.0313. The number of aromatic amines is 1. The number of halogens is 5. The van der Waals surface area contributed by atoms with Gasteiger partial charge in [0.2, 0.25) is 0 Å². The molecule has 0 radical (unpaired) electrons. The first kappa shape index (κ1) is 34.0. The van der Waals surface area contributed by atoms with E-state index in [1.807, 2.05) is 20.8 Å². The summed E-state index contributed by atoms with van der Waals surface area (Å²) >= 11 is 15.9. The molecule has 0 spiro atoms. The molecule has 0 bridgehead atoms. The number of aryl methyl sites for hydroxylation is 2. The number of aromatic nitrogens is 2. The highest BCUT2D eigenvalue weighted by atomic mass is 79.9. The van der Waals surface area contributed by atoms with Crippen LogP contribution in [-0.4, -0.2) is 33.8 Å². The highest BCUT2D eigenvalue weighted by molar-refractivity contribution is 9.10. The van der Waals surface area contributed by atoms with Crippen molar-refractivity contribution in [2.75, 3.05) is 5.75 Å². The predicted molar refractivity (Wildman–Crippen MR) is 159 cm³/mol. The number of rotatable bonds is 7. The van der Waals surface area contributed by atoms with Crippen molar-refractivity contribution in [3.63, 3.8) is 0 Å². The van der Waals surface area contributed by atoms with Gasteiger partial charge in [-0.2, -0.15) is 0 Å². The van der Waals surface area contributed by atoms with E-state index in [1.54, 1.807) is 49.1 Å². The van der Waals surface area contributed by atoms with E-state index in [0.29, 0.717) is 27.5 Å². The van der Waals surface area contributed by atoms with Gasteiger partial charge in [-0.3, -0.25) is 14.3 Å². The van der Waals surface area contributed by atoms with E-state index in [-0.39, 0.29) is 17.7 Å². The molecule has 3 rings (SSSR count). The first-order valence-electron chi connectivity index (χ1n) is 11.9. The summed E-state index contributed by atoms with van der Waals surface area (Å²) in [5.41, 5.74) is 0.912. The van der Waals surface area contributed by atoms with Gasteiger partial charge in [0.25, 0.3) is 0 Å². The number of nitrogens with zero attached hydrogens (tertiary/aromatic N) is 1. The molecule has 1 aromatic carbocycles. The molecule has 0 amide bonds. The molecule has 0 aliphatic heterocycles. The number of benzene rings is 1. The number of carbonyl (C=O) groups excluding carboxylic acids is 2. The number of carbonyl (C=O) groups is 2. The van der Waals surface area contributed by atoms with Crippen molar-refractivity contribution in [3.8, 4) is 0 Å². The Labute approximate surface area is 245 Å². The van der Waals surface area contributed by atoms with Gasteiger partial charge in [-0.15, -0.1) is 0 Å². The van der Waals surface area contributed by atoms with E-state index in [0.717, 1.165) is 16.6 Å². The molecule has 1 aromatic heterocycles. The van der Waals surface area contributed by atoms with Gasteiger partial charge < -0.3 is 9.82 Å². The maximum absolute atomic E-state index is 14.8. The topological polar surface area (TPSA) is 66.9 Å². The Bertz CT molecular complexity index is 1210. The second kappa shape index (κ2) is 17.5. The summed E-state index contributed by atoms with van der Waals surface area (Å²) in [4.78, 5) is 23.2. The molecular formula is C27H32BrCl2F2N3O2S. The van der Waals surface area contributed by atoms with Crippen molar-refractivity contribution in [2.45, 2.75) is 46.7 Å². The van der Waals surface area contributed by atoms with Crippen molar-refractivity contribution in [1.29, 1.82) is 0 Å². The number of alkyl halides is 1. The van der Waals surface area contributed by atoms with Crippen LogP contribution >= 0.6 is 51.1 Å². The van der Waals surface area contributed by atoms with Crippen molar-refractivity contribution < 1.29 is 18.4 Å². The van der Waals surface area contributed by atoms with Gasteiger partial charge >= 0.3 is 0 Å². The maximum Gasteiger partial charge on any atom is 0.196 e. The molecule has 11 heteroatoms. The predicted octanol–water partition coefficient (Wildman–Crippen LogP) is 9.06. The molecule has 1 aliphatic carbocycles. The van der Waals surface area contributed by atoms with Gasteiger partial charge in [-0.25, -0.2) is 8.78 Å². The third-order valence-corrected chi connectivity index (χ3v) is 6.99. The molecule has 0 saturated heterocycles. The SMILES string of the molecule is CC.CCCSNC1=CCC(F)C(C(=O)c2c[nH]n(C)cc(Br)cc2C)=C1F.O=Cc1c(Cl)cccc1Cl. The Morgan fingerprint density at radius 2 is 1.95 bits per heavy atom. The fraction of sp³-hybridized carbons (Fsp3) is 0.333. The molecule has 2 N–H and O–H groups in total. The summed E-state index contributed by atoms with van der Waals surface area (Å²) in [6.07, 6.45) is 4.57. The van der Waals surface area contributed by atoms with Crippen molar-refractivity contribution >= 4 is 63.1 Å². The van der Waals surface area contributed by atoms with Crippen LogP contribution in [0.15, 0.2) is 64.3 Å². The third-order valence-electron chi connectivity index (χ3n) is 4.92. The lowest BCUT2D eigenvalue weighted by Gasteiger charge is -2.20. The zero-order valence-electron chi connectivity index (χ0n) is 21.9. The standard InChI is InChI=1S/C18H22BrF2N3OS.C7H4Cl2O.C2H6/c1-4-7-26-23-15-6-5-14(20)16(17(15)21)18(25)13-9-22-24(3)10-12(19)8-11(13)2;8-6-2-1-3-7(9)5(6)4-10;1-2/h6,8-10,14,22-23H,4-5,7H2,1-3H3;1-4H;1-2H3. The summed E-state index contributed by atoms with van der Waals surface area (Å²) < 4.78 is 34.5. The highest BCUT2D eigenvalue weighted by Gasteiger charge is 2.31. The number of nitrogens with one attached hydrogen (secondary N) is 2. The van der Waals surface area contributed by atoms with Crippen LogP contribution in [-0.2, 0) is 7.05 Å². The van der Waals surface area contributed by atoms with Crippen molar-refractivity contribution in [1.82, 2.24) is 14.5 Å². The van der Waals surface area contributed by atoms with E-state index in [4.69, 9.17) is 23.2 Å². The molecule has 0 fully saturated rings. The summed E-state index contributed by atoms with van der Waals surface area (Å²) in [5, 5.41) is 3.68. The molecule has 2 aromatic rings. The van der Waals surface area contributed by atoms with E-state index in [1.165, 1.54) is 24.2 Å². The second-order valence-electron chi connectivity index (χ2n) is 7.72. The molecule has 0 saturated carbocycles. The summed E-state index contributed by atoms with van der Waals surface area (Å²) in [6, 6.07) is 6.67. The van der Waals surface area contributed by atoms with Gasteiger partial charge in [0.1, 0.15) is 6.17 Å². The largest absolute Gasteiger partial charge is 0.328 e. The van der Waals surface area contributed by atoms with Crippen molar-refractivity contribution in [3.05, 3.63) is 91.0 Å². The van der Waals surface area contributed by atoms with Crippen LogP contribution in [0, 0.1) is 6.92 Å². The average molecular weight is 651 g/mol. The number of H-pyrrole nitrogens is 1. The van der Waals surface area contributed by atoms with Crippen LogP contribution in [0.2, 0.25) is 10.0 Å². The normalized spacial score (nSPS) is 14.3. The van der Waals surface area contributed by atoms with Crippen LogP contribution < -0.4 is 4.72 Å². The zero-order valence-corrected chi connectivity index (χ0v) is 25.8. The molecule has 208 valence electrons. The Hall–Kier alpha value is -2.07. The van der Waals surface area contributed by atoms with Crippen LogP contribution in [0.25, 0.3) is 0 Å². The van der Waals surface area contributed by atoms with E-state index < -0.39 is 23.4 Å². The minimum atomic E-state index is -1.67. The molecule has 38 heavy (non-hydrogen) atoms. The van der Waals surface area contributed by atoms with Crippen LogP contribution in [0.4, 0.5) is 8.78 Å². The van der Waals surface area contributed by atoms with Gasteiger partial charge in [0.15, 0.2) is 17.9 Å². The number of ketones is 1. The van der Waals surface area contributed by atoms with Crippen LogP contribution in [0.3, 0.4) is 0 Å². The number of hydrogen-bond donors (Lipinski definition) is 2. The minimum Gasteiger partial charge on any atom is -0.328 e. The molecule has 1 heterocycles. The molecule has 1 atom stereocenters. The third kappa shape index (κ3) is 9.91. The number of aldehydes is 1. The first-order chi connectivity index (χ1) is 18.1. The Kier molecular flexibility index (Phi) is 15.6. The van der Waals surface area contributed by atoms with Crippen LogP contribution in [0.1, 0.15) is 59.9 Å². The fourth-order valence-electron chi connectivity index (χ4n) is 3.11. The van der Waals surface area contributed by atoms with Crippen molar-refractivity contribution in [2.24, 2.45) is 7.05 Å². The first-order valence-corrected chi connectivity index (χ1v) is 14.4. The smallest absolute Gasteiger partial charge is 0.196 e.